The standard InChI is InChI=1S/C30H24N4O2S2/c1-19-27(29(36)33-21-11-3-2-4-12-21)28(25-15-8-16-37-25)23(17-31)30(32-19)38-18-26(35)34-24-14-7-10-20-9-5-6-13-22(20)24/h2-16,28,32H,18H2,1H3,(H,33,36)(H,34,35)/t28-/m1/s1. The van der Waals surface area contributed by atoms with E-state index in [0.717, 1.165) is 21.3 Å². The van der Waals surface area contributed by atoms with E-state index in [1.165, 1.54) is 23.1 Å². The summed E-state index contributed by atoms with van der Waals surface area (Å²) >= 11 is 2.75. The molecule has 1 atom stereocenters. The fourth-order valence-corrected chi connectivity index (χ4v) is 6.18. The van der Waals surface area contributed by atoms with Gasteiger partial charge in [0.05, 0.1) is 28.3 Å². The molecular weight excluding hydrogens is 512 g/mol. The van der Waals surface area contributed by atoms with E-state index in [2.05, 4.69) is 22.0 Å². The lowest BCUT2D eigenvalue weighted by Gasteiger charge is -2.29. The van der Waals surface area contributed by atoms with Crippen LogP contribution in [0.1, 0.15) is 17.7 Å². The number of para-hydroxylation sites is 1. The Bertz CT molecular complexity index is 1600. The average molecular weight is 537 g/mol. The number of nitrogens with zero attached hydrogens (tertiary/aromatic N) is 1. The highest BCUT2D eigenvalue weighted by atomic mass is 32.2. The van der Waals surface area contributed by atoms with Gasteiger partial charge in [0.25, 0.3) is 5.91 Å². The minimum Gasteiger partial charge on any atom is -0.353 e. The molecule has 1 aliphatic heterocycles. The average Bonchev–Trinajstić information content (AvgIpc) is 3.47. The van der Waals surface area contributed by atoms with Crippen LogP contribution in [0.5, 0.6) is 0 Å². The maximum atomic E-state index is 13.4. The topological polar surface area (TPSA) is 94.0 Å². The molecule has 0 spiro atoms. The second-order valence-corrected chi connectivity index (χ2v) is 10.6. The Morgan fingerprint density at radius 1 is 0.974 bits per heavy atom. The van der Waals surface area contributed by atoms with Crippen molar-refractivity contribution >= 4 is 57.1 Å². The molecule has 0 bridgehead atoms. The van der Waals surface area contributed by atoms with Crippen LogP contribution < -0.4 is 16.0 Å². The number of anilines is 2. The van der Waals surface area contributed by atoms with Crippen molar-refractivity contribution in [1.29, 1.82) is 5.26 Å². The van der Waals surface area contributed by atoms with E-state index in [9.17, 15) is 14.9 Å². The third-order valence-electron chi connectivity index (χ3n) is 6.16. The molecule has 38 heavy (non-hydrogen) atoms. The number of nitrogens with one attached hydrogen (secondary N) is 3. The predicted octanol–water partition coefficient (Wildman–Crippen LogP) is 6.61. The summed E-state index contributed by atoms with van der Waals surface area (Å²) < 4.78 is 0. The van der Waals surface area contributed by atoms with Gasteiger partial charge in [-0.05, 0) is 42.0 Å². The molecule has 3 aromatic carbocycles. The first-order chi connectivity index (χ1) is 18.5. The van der Waals surface area contributed by atoms with Crippen LogP contribution in [-0.4, -0.2) is 17.6 Å². The number of allylic oxidation sites excluding steroid dienone is 2. The van der Waals surface area contributed by atoms with Crippen molar-refractivity contribution in [1.82, 2.24) is 5.32 Å². The van der Waals surface area contributed by atoms with E-state index in [1.54, 1.807) is 0 Å². The lowest BCUT2D eigenvalue weighted by Crippen LogP contribution is -2.30. The van der Waals surface area contributed by atoms with Crippen LogP contribution in [0.3, 0.4) is 0 Å². The summed E-state index contributed by atoms with van der Waals surface area (Å²) in [6.07, 6.45) is 0. The number of thioether (sulfide) groups is 1. The minimum absolute atomic E-state index is 0.104. The van der Waals surface area contributed by atoms with Crippen LogP contribution in [-0.2, 0) is 9.59 Å². The van der Waals surface area contributed by atoms with E-state index in [-0.39, 0.29) is 17.6 Å². The molecule has 0 radical (unpaired) electrons. The molecule has 0 aliphatic carbocycles. The minimum atomic E-state index is -0.534. The molecule has 5 rings (SSSR count). The number of dihydropyridines is 1. The van der Waals surface area contributed by atoms with E-state index >= 15 is 0 Å². The first-order valence-electron chi connectivity index (χ1n) is 12.0. The molecule has 3 N–H and O–H groups in total. The number of benzene rings is 3. The summed E-state index contributed by atoms with van der Waals surface area (Å²) in [5.74, 6) is -0.884. The molecule has 1 aromatic heterocycles. The molecule has 0 fully saturated rings. The molecule has 6 nitrogen and oxygen atoms in total. The highest BCUT2D eigenvalue weighted by molar-refractivity contribution is 8.03. The first kappa shape index (κ1) is 25.3. The Morgan fingerprint density at radius 3 is 2.50 bits per heavy atom. The Morgan fingerprint density at radius 2 is 1.74 bits per heavy atom. The first-order valence-corrected chi connectivity index (χ1v) is 13.8. The number of carbonyl (C=O) groups is 2. The van der Waals surface area contributed by atoms with Gasteiger partial charge in [-0.1, -0.05) is 72.4 Å². The van der Waals surface area contributed by atoms with Gasteiger partial charge in [0, 0.05) is 32.9 Å². The Hall–Kier alpha value is -4.32. The fourth-order valence-electron chi connectivity index (χ4n) is 4.45. The van der Waals surface area contributed by atoms with Crippen molar-refractivity contribution < 1.29 is 9.59 Å². The van der Waals surface area contributed by atoms with Gasteiger partial charge in [0.15, 0.2) is 0 Å². The lowest BCUT2D eigenvalue weighted by atomic mass is 9.86. The van der Waals surface area contributed by atoms with Crippen LogP contribution in [0.2, 0.25) is 0 Å². The monoisotopic (exact) mass is 536 g/mol. The summed E-state index contributed by atoms with van der Waals surface area (Å²) in [6, 6.07) is 29.0. The molecule has 0 saturated carbocycles. The maximum Gasteiger partial charge on any atom is 0.254 e. The van der Waals surface area contributed by atoms with Crippen LogP contribution in [0.25, 0.3) is 10.8 Å². The number of thiophene rings is 1. The summed E-state index contributed by atoms with van der Waals surface area (Å²) in [5.41, 5.74) is 2.96. The summed E-state index contributed by atoms with van der Waals surface area (Å²) in [5, 5.41) is 23.9. The second-order valence-electron chi connectivity index (χ2n) is 8.65. The smallest absolute Gasteiger partial charge is 0.254 e. The Labute approximate surface area is 229 Å². The number of nitriles is 1. The zero-order valence-corrected chi connectivity index (χ0v) is 22.2. The normalized spacial score (nSPS) is 15.1. The van der Waals surface area contributed by atoms with E-state index in [4.69, 9.17) is 0 Å². The van der Waals surface area contributed by atoms with Gasteiger partial charge in [0.2, 0.25) is 5.91 Å². The summed E-state index contributed by atoms with van der Waals surface area (Å²) in [6.45, 7) is 1.82. The van der Waals surface area contributed by atoms with Gasteiger partial charge in [-0.15, -0.1) is 11.3 Å². The molecule has 1 aliphatic rings. The highest BCUT2D eigenvalue weighted by Crippen LogP contribution is 2.42. The molecule has 2 heterocycles. The number of rotatable bonds is 7. The van der Waals surface area contributed by atoms with Gasteiger partial charge in [0.1, 0.15) is 0 Å². The third-order valence-corrected chi connectivity index (χ3v) is 8.12. The SMILES string of the molecule is CC1=C(C(=O)Nc2ccccc2)[C@@H](c2cccs2)C(C#N)=C(SCC(=O)Nc2cccc3ccccc23)N1. The van der Waals surface area contributed by atoms with Gasteiger partial charge in [-0.2, -0.15) is 5.26 Å². The zero-order valence-electron chi connectivity index (χ0n) is 20.5. The number of hydrogen-bond donors (Lipinski definition) is 3. The van der Waals surface area contributed by atoms with Crippen LogP contribution >= 0.6 is 23.1 Å². The zero-order chi connectivity index (χ0) is 26.5. The van der Waals surface area contributed by atoms with Crippen molar-refractivity contribution in [3.63, 3.8) is 0 Å². The second kappa shape index (κ2) is 11.4. The third kappa shape index (κ3) is 5.35. The fraction of sp³-hybridized carbons (Fsp3) is 0.100. The summed E-state index contributed by atoms with van der Waals surface area (Å²) in [4.78, 5) is 27.2. The van der Waals surface area contributed by atoms with Gasteiger partial charge < -0.3 is 16.0 Å². The molecule has 2 amide bonds. The Kier molecular flexibility index (Phi) is 7.59. The van der Waals surface area contributed by atoms with E-state index < -0.39 is 5.92 Å². The molecule has 0 unspecified atom stereocenters. The van der Waals surface area contributed by atoms with Crippen molar-refractivity contribution in [3.05, 3.63) is 117 Å². The van der Waals surface area contributed by atoms with Crippen molar-refractivity contribution in [3.8, 4) is 6.07 Å². The number of carbonyl (C=O) groups excluding carboxylic acids is 2. The van der Waals surface area contributed by atoms with Crippen molar-refractivity contribution in [2.24, 2.45) is 0 Å². The van der Waals surface area contributed by atoms with Crippen LogP contribution in [0.4, 0.5) is 11.4 Å². The highest BCUT2D eigenvalue weighted by Gasteiger charge is 2.35. The molecule has 188 valence electrons. The van der Waals surface area contributed by atoms with Gasteiger partial charge in [-0.3, -0.25) is 9.59 Å². The number of amides is 2. The lowest BCUT2D eigenvalue weighted by molar-refractivity contribution is -0.114. The number of hydrogen-bond acceptors (Lipinski definition) is 6. The van der Waals surface area contributed by atoms with Crippen LogP contribution in [0.15, 0.2) is 112 Å². The van der Waals surface area contributed by atoms with Gasteiger partial charge >= 0.3 is 0 Å². The number of fused-ring (bicyclic) bond motifs is 1. The van der Waals surface area contributed by atoms with Gasteiger partial charge in [-0.25, -0.2) is 0 Å². The van der Waals surface area contributed by atoms with E-state index in [1.807, 2.05) is 97.2 Å². The maximum absolute atomic E-state index is 13.4. The Balaban J connectivity index is 1.38. The molecule has 4 aromatic rings. The van der Waals surface area contributed by atoms with Crippen molar-refractivity contribution in [2.75, 3.05) is 16.4 Å². The molecular formula is C30H24N4O2S2. The molecule has 0 saturated heterocycles. The largest absolute Gasteiger partial charge is 0.353 e. The van der Waals surface area contributed by atoms with E-state index in [0.29, 0.717) is 27.6 Å². The quantitative estimate of drug-likeness (QED) is 0.247. The van der Waals surface area contributed by atoms with Crippen molar-refractivity contribution in [2.45, 2.75) is 12.8 Å². The van der Waals surface area contributed by atoms with Crippen LogP contribution in [0, 0.1) is 11.3 Å². The molecule has 8 heteroatoms. The predicted molar refractivity (Wildman–Crippen MR) is 156 cm³/mol. The summed E-state index contributed by atoms with van der Waals surface area (Å²) in [7, 11) is 0.